The molecular formula is C13H17N3S. The van der Waals surface area contributed by atoms with E-state index < -0.39 is 0 Å². The van der Waals surface area contributed by atoms with Crippen LogP contribution in [0.1, 0.15) is 22.0 Å². The third kappa shape index (κ3) is 2.65. The minimum atomic E-state index is 0.224. The van der Waals surface area contributed by atoms with Gasteiger partial charge in [-0.2, -0.15) is 0 Å². The SMILES string of the molecule is CNC(Cc1cccs1)c1c(C)ccnc1N. The van der Waals surface area contributed by atoms with E-state index >= 15 is 0 Å². The molecule has 0 aliphatic rings. The summed E-state index contributed by atoms with van der Waals surface area (Å²) in [5, 5.41) is 5.42. The van der Waals surface area contributed by atoms with E-state index in [1.165, 1.54) is 10.4 Å². The molecule has 0 saturated carbocycles. The van der Waals surface area contributed by atoms with E-state index in [1.54, 1.807) is 17.5 Å². The van der Waals surface area contributed by atoms with Crippen molar-refractivity contribution in [1.82, 2.24) is 10.3 Å². The van der Waals surface area contributed by atoms with Crippen LogP contribution >= 0.6 is 11.3 Å². The maximum atomic E-state index is 5.98. The summed E-state index contributed by atoms with van der Waals surface area (Å²) in [4.78, 5) is 5.53. The fourth-order valence-corrected chi connectivity index (χ4v) is 2.77. The number of nitrogens with zero attached hydrogens (tertiary/aromatic N) is 1. The minimum absolute atomic E-state index is 0.224. The van der Waals surface area contributed by atoms with E-state index in [-0.39, 0.29) is 6.04 Å². The molecule has 0 amide bonds. The summed E-state index contributed by atoms with van der Waals surface area (Å²) in [5.74, 6) is 0.626. The number of pyridine rings is 1. The largest absolute Gasteiger partial charge is 0.383 e. The average molecular weight is 247 g/mol. The van der Waals surface area contributed by atoms with Gasteiger partial charge in [0.15, 0.2) is 0 Å². The van der Waals surface area contributed by atoms with Gasteiger partial charge in [0.05, 0.1) is 0 Å². The molecule has 0 aliphatic carbocycles. The van der Waals surface area contributed by atoms with Gasteiger partial charge >= 0.3 is 0 Å². The number of nitrogen functional groups attached to an aromatic ring is 1. The van der Waals surface area contributed by atoms with Crippen LogP contribution in [-0.4, -0.2) is 12.0 Å². The highest BCUT2D eigenvalue weighted by molar-refractivity contribution is 7.09. The monoisotopic (exact) mass is 247 g/mol. The van der Waals surface area contributed by atoms with Crippen LogP contribution < -0.4 is 11.1 Å². The van der Waals surface area contributed by atoms with Crippen LogP contribution in [-0.2, 0) is 6.42 Å². The Morgan fingerprint density at radius 1 is 1.47 bits per heavy atom. The highest BCUT2D eigenvalue weighted by Crippen LogP contribution is 2.26. The van der Waals surface area contributed by atoms with E-state index in [2.05, 4.69) is 34.7 Å². The molecule has 0 radical (unpaired) electrons. The van der Waals surface area contributed by atoms with Crippen molar-refractivity contribution in [2.75, 3.05) is 12.8 Å². The first kappa shape index (κ1) is 12.1. The molecule has 2 aromatic heterocycles. The fourth-order valence-electron chi connectivity index (χ4n) is 2.02. The number of rotatable bonds is 4. The van der Waals surface area contributed by atoms with Crippen LogP contribution in [0, 0.1) is 6.92 Å². The second-order valence-electron chi connectivity index (χ2n) is 4.05. The van der Waals surface area contributed by atoms with Crippen molar-refractivity contribution in [3.05, 3.63) is 45.8 Å². The normalized spacial score (nSPS) is 12.6. The lowest BCUT2D eigenvalue weighted by Crippen LogP contribution is -2.21. The summed E-state index contributed by atoms with van der Waals surface area (Å²) in [7, 11) is 1.96. The number of hydrogen-bond acceptors (Lipinski definition) is 4. The van der Waals surface area contributed by atoms with Gasteiger partial charge in [-0.05, 0) is 37.0 Å². The Hall–Kier alpha value is -1.39. The molecular weight excluding hydrogens is 230 g/mol. The molecule has 0 spiro atoms. The minimum Gasteiger partial charge on any atom is -0.383 e. The van der Waals surface area contributed by atoms with Crippen molar-refractivity contribution in [1.29, 1.82) is 0 Å². The van der Waals surface area contributed by atoms with Crippen LogP contribution in [0.2, 0.25) is 0 Å². The molecule has 0 saturated heterocycles. The first-order valence-corrected chi connectivity index (χ1v) is 6.51. The molecule has 2 aromatic rings. The van der Waals surface area contributed by atoms with Crippen LogP contribution in [0.3, 0.4) is 0 Å². The zero-order valence-electron chi connectivity index (χ0n) is 10.1. The highest BCUT2D eigenvalue weighted by Gasteiger charge is 2.16. The summed E-state index contributed by atoms with van der Waals surface area (Å²) < 4.78 is 0. The molecule has 1 unspecified atom stereocenters. The molecule has 0 aliphatic heterocycles. The predicted octanol–water partition coefficient (Wildman–Crippen LogP) is 2.54. The summed E-state index contributed by atoms with van der Waals surface area (Å²) in [5.41, 5.74) is 8.28. The smallest absolute Gasteiger partial charge is 0.128 e. The Balaban J connectivity index is 2.29. The molecule has 1 atom stereocenters. The maximum Gasteiger partial charge on any atom is 0.128 e. The molecule has 17 heavy (non-hydrogen) atoms. The van der Waals surface area contributed by atoms with Gasteiger partial charge in [-0.1, -0.05) is 6.07 Å². The highest BCUT2D eigenvalue weighted by atomic mass is 32.1. The van der Waals surface area contributed by atoms with Gasteiger partial charge in [-0.3, -0.25) is 0 Å². The Labute approximate surface area is 106 Å². The van der Waals surface area contributed by atoms with Gasteiger partial charge in [-0.15, -0.1) is 11.3 Å². The molecule has 3 N–H and O–H groups in total. The molecule has 0 aromatic carbocycles. The van der Waals surface area contributed by atoms with Crippen LogP contribution in [0.15, 0.2) is 29.8 Å². The van der Waals surface area contributed by atoms with Gasteiger partial charge in [0, 0.05) is 29.1 Å². The van der Waals surface area contributed by atoms with Crippen molar-refractivity contribution < 1.29 is 0 Å². The third-order valence-corrected chi connectivity index (χ3v) is 3.82. The second kappa shape index (κ2) is 5.29. The molecule has 0 fully saturated rings. The van der Waals surface area contributed by atoms with Gasteiger partial charge in [0.25, 0.3) is 0 Å². The first-order chi connectivity index (χ1) is 8.22. The number of nitrogens with two attached hydrogens (primary N) is 1. The summed E-state index contributed by atoms with van der Waals surface area (Å²) in [6, 6.07) is 6.45. The molecule has 3 nitrogen and oxygen atoms in total. The summed E-state index contributed by atoms with van der Waals surface area (Å²) in [6.07, 6.45) is 2.71. The second-order valence-corrected chi connectivity index (χ2v) is 5.08. The van der Waals surface area contributed by atoms with Crippen molar-refractivity contribution in [3.63, 3.8) is 0 Å². The number of nitrogens with one attached hydrogen (secondary N) is 1. The van der Waals surface area contributed by atoms with Crippen LogP contribution in [0.5, 0.6) is 0 Å². The molecule has 0 bridgehead atoms. The number of hydrogen-bond donors (Lipinski definition) is 2. The zero-order chi connectivity index (χ0) is 12.3. The number of thiophene rings is 1. The fraction of sp³-hybridized carbons (Fsp3) is 0.308. The number of aryl methyl sites for hydroxylation is 1. The lowest BCUT2D eigenvalue weighted by Gasteiger charge is -2.19. The Morgan fingerprint density at radius 3 is 2.88 bits per heavy atom. The van der Waals surface area contributed by atoms with Crippen LogP contribution in [0.25, 0.3) is 0 Å². The molecule has 2 rings (SSSR count). The van der Waals surface area contributed by atoms with Gasteiger partial charge in [0.1, 0.15) is 5.82 Å². The standard InChI is InChI=1S/C13H17N3S/c1-9-5-6-16-13(14)12(9)11(15-2)8-10-4-3-7-17-10/h3-7,11,15H,8H2,1-2H3,(H2,14,16). The van der Waals surface area contributed by atoms with E-state index in [9.17, 15) is 0 Å². The van der Waals surface area contributed by atoms with E-state index in [0.29, 0.717) is 5.82 Å². The Morgan fingerprint density at radius 2 is 2.29 bits per heavy atom. The molecule has 4 heteroatoms. The van der Waals surface area contributed by atoms with Gasteiger partial charge in [-0.25, -0.2) is 4.98 Å². The van der Waals surface area contributed by atoms with Crippen molar-refractivity contribution in [2.45, 2.75) is 19.4 Å². The zero-order valence-corrected chi connectivity index (χ0v) is 10.9. The molecule has 2 heterocycles. The summed E-state index contributed by atoms with van der Waals surface area (Å²) >= 11 is 1.77. The maximum absolute atomic E-state index is 5.98. The lowest BCUT2D eigenvalue weighted by atomic mass is 9.99. The van der Waals surface area contributed by atoms with Gasteiger partial charge < -0.3 is 11.1 Å². The first-order valence-electron chi connectivity index (χ1n) is 5.63. The lowest BCUT2D eigenvalue weighted by molar-refractivity contribution is 0.593. The molecule has 90 valence electrons. The van der Waals surface area contributed by atoms with Gasteiger partial charge in [0.2, 0.25) is 0 Å². The van der Waals surface area contributed by atoms with E-state index in [1.807, 2.05) is 13.1 Å². The van der Waals surface area contributed by atoms with Crippen molar-refractivity contribution in [2.24, 2.45) is 0 Å². The summed E-state index contributed by atoms with van der Waals surface area (Å²) in [6.45, 7) is 2.08. The number of anilines is 1. The number of likely N-dealkylation sites (N-methyl/N-ethyl adjacent to an activating group) is 1. The van der Waals surface area contributed by atoms with Crippen LogP contribution in [0.4, 0.5) is 5.82 Å². The number of aromatic nitrogens is 1. The predicted molar refractivity (Wildman–Crippen MR) is 73.2 cm³/mol. The topological polar surface area (TPSA) is 50.9 Å². The van der Waals surface area contributed by atoms with Crippen molar-refractivity contribution >= 4 is 17.2 Å². The Kier molecular flexibility index (Phi) is 3.76. The van der Waals surface area contributed by atoms with Crippen molar-refractivity contribution in [3.8, 4) is 0 Å². The quantitative estimate of drug-likeness (QED) is 0.873. The van der Waals surface area contributed by atoms with E-state index in [4.69, 9.17) is 5.73 Å². The van der Waals surface area contributed by atoms with E-state index in [0.717, 1.165) is 12.0 Å². The average Bonchev–Trinajstić information content (AvgIpc) is 2.80. The third-order valence-electron chi connectivity index (χ3n) is 2.92. The Bertz CT molecular complexity index is 459.